The Bertz CT molecular complexity index is 653. The molecule has 0 saturated carbocycles. The SMILES string of the molecule is COc1ccc(C)cc1NC(=O)Cc1c(F)cccc1Cl. The Kier molecular flexibility index (Phi) is 4.81. The maximum atomic E-state index is 13.7. The van der Waals surface area contributed by atoms with Gasteiger partial charge in [-0.25, -0.2) is 4.39 Å². The zero-order chi connectivity index (χ0) is 15.4. The van der Waals surface area contributed by atoms with Crippen LogP contribution in [-0.2, 0) is 11.2 Å². The second kappa shape index (κ2) is 6.59. The van der Waals surface area contributed by atoms with Gasteiger partial charge in [0.1, 0.15) is 11.6 Å². The van der Waals surface area contributed by atoms with Crippen LogP contribution < -0.4 is 10.1 Å². The van der Waals surface area contributed by atoms with Gasteiger partial charge in [-0.15, -0.1) is 0 Å². The number of anilines is 1. The fraction of sp³-hybridized carbons (Fsp3) is 0.188. The fourth-order valence-electron chi connectivity index (χ4n) is 1.98. The molecule has 0 aliphatic heterocycles. The predicted octanol–water partition coefficient (Wildman–Crippen LogP) is 3.98. The van der Waals surface area contributed by atoms with Crippen LogP contribution in [0.2, 0.25) is 5.02 Å². The molecule has 1 N–H and O–H groups in total. The van der Waals surface area contributed by atoms with Crippen LogP contribution in [0, 0.1) is 12.7 Å². The molecular weight excluding hydrogens is 293 g/mol. The van der Waals surface area contributed by atoms with E-state index >= 15 is 0 Å². The van der Waals surface area contributed by atoms with Crippen molar-refractivity contribution in [2.24, 2.45) is 0 Å². The van der Waals surface area contributed by atoms with Crippen LogP contribution in [0.25, 0.3) is 0 Å². The second-order valence-corrected chi connectivity index (χ2v) is 5.04. The highest BCUT2D eigenvalue weighted by Crippen LogP contribution is 2.26. The molecule has 110 valence electrons. The summed E-state index contributed by atoms with van der Waals surface area (Å²) in [6.07, 6.45) is -0.136. The van der Waals surface area contributed by atoms with Crippen molar-refractivity contribution in [3.63, 3.8) is 0 Å². The normalized spacial score (nSPS) is 10.3. The van der Waals surface area contributed by atoms with Crippen molar-refractivity contribution in [2.45, 2.75) is 13.3 Å². The molecule has 0 unspecified atom stereocenters. The molecule has 0 aliphatic rings. The number of amides is 1. The molecule has 0 spiro atoms. The minimum atomic E-state index is -0.492. The van der Waals surface area contributed by atoms with Gasteiger partial charge in [-0.3, -0.25) is 4.79 Å². The minimum absolute atomic E-state index is 0.136. The molecular formula is C16H15ClFNO2. The number of aryl methyl sites for hydroxylation is 1. The van der Waals surface area contributed by atoms with Crippen molar-refractivity contribution in [1.82, 2.24) is 0 Å². The number of methoxy groups -OCH3 is 1. The van der Waals surface area contributed by atoms with Crippen molar-refractivity contribution in [2.75, 3.05) is 12.4 Å². The molecule has 3 nitrogen and oxygen atoms in total. The average molecular weight is 308 g/mol. The third kappa shape index (κ3) is 3.73. The van der Waals surface area contributed by atoms with E-state index in [2.05, 4.69) is 5.32 Å². The standard InChI is InChI=1S/C16H15ClFNO2/c1-10-6-7-15(21-2)14(8-10)19-16(20)9-11-12(17)4-3-5-13(11)18/h3-8H,9H2,1-2H3,(H,19,20). The molecule has 5 heteroatoms. The van der Waals surface area contributed by atoms with Crippen LogP contribution in [0.4, 0.5) is 10.1 Å². The molecule has 2 rings (SSSR count). The Labute approximate surface area is 127 Å². The topological polar surface area (TPSA) is 38.3 Å². The highest BCUT2D eigenvalue weighted by Gasteiger charge is 2.13. The quantitative estimate of drug-likeness (QED) is 0.928. The number of hydrogen-bond acceptors (Lipinski definition) is 2. The number of ether oxygens (including phenoxy) is 1. The van der Waals surface area contributed by atoms with E-state index in [1.54, 1.807) is 18.2 Å². The zero-order valence-electron chi connectivity index (χ0n) is 11.7. The van der Waals surface area contributed by atoms with E-state index in [9.17, 15) is 9.18 Å². The minimum Gasteiger partial charge on any atom is -0.495 e. The van der Waals surface area contributed by atoms with Crippen molar-refractivity contribution >= 4 is 23.2 Å². The van der Waals surface area contributed by atoms with Gasteiger partial charge in [0.2, 0.25) is 5.91 Å². The zero-order valence-corrected chi connectivity index (χ0v) is 12.5. The summed E-state index contributed by atoms with van der Waals surface area (Å²) in [5, 5.41) is 2.95. The third-order valence-corrected chi connectivity index (χ3v) is 3.38. The second-order valence-electron chi connectivity index (χ2n) is 4.63. The van der Waals surface area contributed by atoms with Gasteiger partial charge in [0, 0.05) is 10.6 Å². The van der Waals surface area contributed by atoms with E-state index in [0.29, 0.717) is 11.4 Å². The molecule has 0 atom stereocenters. The largest absolute Gasteiger partial charge is 0.495 e. The lowest BCUT2D eigenvalue weighted by Crippen LogP contribution is -2.16. The summed E-state index contributed by atoms with van der Waals surface area (Å²) in [4.78, 5) is 12.1. The van der Waals surface area contributed by atoms with Crippen molar-refractivity contribution in [1.29, 1.82) is 0 Å². The third-order valence-electron chi connectivity index (χ3n) is 3.03. The first-order valence-corrected chi connectivity index (χ1v) is 6.76. The molecule has 0 bridgehead atoms. The lowest BCUT2D eigenvalue weighted by Gasteiger charge is -2.11. The van der Waals surface area contributed by atoms with Gasteiger partial charge in [-0.1, -0.05) is 23.7 Å². The average Bonchev–Trinajstić information content (AvgIpc) is 2.43. The Morgan fingerprint density at radius 3 is 2.76 bits per heavy atom. The predicted molar refractivity (Wildman–Crippen MR) is 81.5 cm³/mol. The number of rotatable bonds is 4. The highest BCUT2D eigenvalue weighted by atomic mass is 35.5. The Hall–Kier alpha value is -2.07. The molecule has 0 heterocycles. The highest BCUT2D eigenvalue weighted by molar-refractivity contribution is 6.31. The summed E-state index contributed by atoms with van der Waals surface area (Å²) in [5.41, 5.74) is 1.72. The summed E-state index contributed by atoms with van der Waals surface area (Å²) in [5.74, 6) is -0.298. The number of nitrogens with one attached hydrogen (secondary N) is 1. The van der Waals surface area contributed by atoms with Gasteiger partial charge >= 0.3 is 0 Å². The van der Waals surface area contributed by atoms with Gasteiger partial charge in [-0.05, 0) is 36.8 Å². The lowest BCUT2D eigenvalue weighted by molar-refractivity contribution is -0.115. The van der Waals surface area contributed by atoms with E-state index in [4.69, 9.17) is 16.3 Å². The van der Waals surface area contributed by atoms with Crippen LogP contribution in [0.3, 0.4) is 0 Å². The van der Waals surface area contributed by atoms with Crippen LogP contribution in [0.5, 0.6) is 5.75 Å². The molecule has 0 fully saturated rings. The van der Waals surface area contributed by atoms with Gasteiger partial charge < -0.3 is 10.1 Å². The Balaban J connectivity index is 2.17. The Morgan fingerprint density at radius 1 is 1.33 bits per heavy atom. The summed E-state index contributed by atoms with van der Waals surface area (Å²) in [6, 6.07) is 9.77. The Morgan fingerprint density at radius 2 is 2.10 bits per heavy atom. The summed E-state index contributed by atoms with van der Waals surface area (Å²) < 4.78 is 18.9. The molecule has 0 aromatic heterocycles. The van der Waals surface area contributed by atoms with Gasteiger partial charge in [0.25, 0.3) is 0 Å². The van der Waals surface area contributed by atoms with Gasteiger partial charge in [0.15, 0.2) is 0 Å². The monoisotopic (exact) mass is 307 g/mol. The van der Waals surface area contributed by atoms with Gasteiger partial charge in [-0.2, -0.15) is 0 Å². The van der Waals surface area contributed by atoms with E-state index in [-0.39, 0.29) is 22.9 Å². The van der Waals surface area contributed by atoms with Crippen molar-refractivity contribution in [3.05, 3.63) is 58.4 Å². The van der Waals surface area contributed by atoms with Crippen molar-refractivity contribution < 1.29 is 13.9 Å². The number of carbonyl (C=O) groups is 1. The maximum Gasteiger partial charge on any atom is 0.229 e. The van der Waals surface area contributed by atoms with E-state index in [0.717, 1.165) is 5.56 Å². The van der Waals surface area contributed by atoms with E-state index in [1.807, 2.05) is 13.0 Å². The molecule has 1 amide bonds. The first-order valence-electron chi connectivity index (χ1n) is 6.38. The fourth-order valence-corrected chi connectivity index (χ4v) is 2.21. The van der Waals surface area contributed by atoms with E-state index in [1.165, 1.54) is 19.2 Å². The van der Waals surface area contributed by atoms with Crippen LogP contribution >= 0.6 is 11.6 Å². The molecule has 0 saturated heterocycles. The lowest BCUT2D eigenvalue weighted by atomic mass is 10.1. The molecule has 21 heavy (non-hydrogen) atoms. The van der Waals surface area contributed by atoms with Gasteiger partial charge in [0.05, 0.1) is 19.2 Å². The molecule has 0 radical (unpaired) electrons. The number of carbonyl (C=O) groups excluding carboxylic acids is 1. The molecule has 2 aromatic carbocycles. The first kappa shape index (κ1) is 15.3. The van der Waals surface area contributed by atoms with Crippen LogP contribution in [-0.4, -0.2) is 13.0 Å². The van der Waals surface area contributed by atoms with Crippen molar-refractivity contribution in [3.8, 4) is 5.75 Å². The summed E-state index contributed by atoms with van der Waals surface area (Å²) >= 11 is 5.92. The molecule has 2 aromatic rings. The first-order chi connectivity index (χ1) is 10.0. The smallest absolute Gasteiger partial charge is 0.229 e. The van der Waals surface area contributed by atoms with Crippen LogP contribution in [0.15, 0.2) is 36.4 Å². The number of hydrogen-bond donors (Lipinski definition) is 1. The van der Waals surface area contributed by atoms with E-state index < -0.39 is 5.82 Å². The summed E-state index contributed by atoms with van der Waals surface area (Å²) in [7, 11) is 1.52. The maximum absolute atomic E-state index is 13.7. The number of halogens is 2. The summed E-state index contributed by atoms with van der Waals surface area (Å²) in [6.45, 7) is 1.91. The van der Waals surface area contributed by atoms with Crippen LogP contribution in [0.1, 0.15) is 11.1 Å². The molecule has 0 aliphatic carbocycles. The number of benzene rings is 2.